The first kappa shape index (κ1) is 9.76. The molecule has 0 amide bonds. The van der Waals surface area contributed by atoms with Crippen molar-refractivity contribution in [2.24, 2.45) is 5.41 Å². The van der Waals surface area contributed by atoms with E-state index in [1.807, 2.05) is 0 Å². The fourth-order valence-electron chi connectivity index (χ4n) is 3.12. The van der Waals surface area contributed by atoms with Crippen LogP contribution in [0.3, 0.4) is 0 Å². The van der Waals surface area contributed by atoms with Gasteiger partial charge in [-0.3, -0.25) is 0 Å². The molecule has 14 heavy (non-hydrogen) atoms. The molecule has 0 heteroatoms. The standard InChI is InChI=1S/C14H20/c1-10-6-5-7-12-9-14(3,4)8-11(2)13(10)12/h5-7,11H,8-9H2,1-4H3. The van der Waals surface area contributed by atoms with Crippen LogP contribution in [-0.4, -0.2) is 0 Å². The van der Waals surface area contributed by atoms with Gasteiger partial charge >= 0.3 is 0 Å². The Labute approximate surface area is 87.3 Å². The second-order valence-electron chi connectivity index (χ2n) is 5.59. The van der Waals surface area contributed by atoms with Crippen LogP contribution in [0.25, 0.3) is 0 Å². The lowest BCUT2D eigenvalue weighted by molar-refractivity contribution is 0.288. The minimum Gasteiger partial charge on any atom is -0.0617 e. The predicted molar refractivity (Wildman–Crippen MR) is 61.7 cm³/mol. The SMILES string of the molecule is Cc1cccc2c1C(C)CC(C)(C)C2. The maximum atomic E-state index is 2.38. The summed E-state index contributed by atoms with van der Waals surface area (Å²) in [4.78, 5) is 0. The van der Waals surface area contributed by atoms with Crippen molar-refractivity contribution in [2.75, 3.05) is 0 Å². The van der Waals surface area contributed by atoms with E-state index in [0.29, 0.717) is 5.41 Å². The molecule has 0 aromatic heterocycles. The molecule has 1 unspecified atom stereocenters. The van der Waals surface area contributed by atoms with E-state index in [2.05, 4.69) is 45.9 Å². The van der Waals surface area contributed by atoms with Gasteiger partial charge in [0.1, 0.15) is 0 Å². The van der Waals surface area contributed by atoms with Crippen LogP contribution in [-0.2, 0) is 6.42 Å². The minimum absolute atomic E-state index is 0.486. The Kier molecular flexibility index (Phi) is 2.17. The summed E-state index contributed by atoms with van der Waals surface area (Å²) in [6, 6.07) is 6.75. The molecule has 0 saturated carbocycles. The van der Waals surface area contributed by atoms with Crippen LogP contribution in [0, 0.1) is 12.3 Å². The summed E-state index contributed by atoms with van der Waals surface area (Å²) in [5.74, 6) is 0.731. The van der Waals surface area contributed by atoms with Crippen molar-refractivity contribution in [1.29, 1.82) is 0 Å². The van der Waals surface area contributed by atoms with Crippen LogP contribution in [0.15, 0.2) is 18.2 Å². The monoisotopic (exact) mass is 188 g/mol. The Morgan fingerprint density at radius 3 is 2.71 bits per heavy atom. The van der Waals surface area contributed by atoms with Gasteiger partial charge in [-0.2, -0.15) is 0 Å². The number of hydrogen-bond acceptors (Lipinski definition) is 0. The fourth-order valence-corrected chi connectivity index (χ4v) is 3.12. The molecule has 1 aromatic rings. The van der Waals surface area contributed by atoms with Gasteiger partial charge in [-0.05, 0) is 47.8 Å². The largest absolute Gasteiger partial charge is 0.0617 e. The highest BCUT2D eigenvalue weighted by atomic mass is 14.3. The number of fused-ring (bicyclic) bond motifs is 1. The molecule has 0 spiro atoms. The first-order valence-electron chi connectivity index (χ1n) is 5.58. The molecule has 1 aliphatic carbocycles. The van der Waals surface area contributed by atoms with E-state index in [4.69, 9.17) is 0 Å². The predicted octanol–water partition coefficient (Wildman–Crippen LogP) is 4.07. The summed E-state index contributed by atoms with van der Waals surface area (Å²) in [5, 5.41) is 0. The van der Waals surface area contributed by atoms with Gasteiger partial charge < -0.3 is 0 Å². The lowest BCUT2D eigenvalue weighted by atomic mass is 9.69. The van der Waals surface area contributed by atoms with Gasteiger partial charge in [-0.1, -0.05) is 39.0 Å². The van der Waals surface area contributed by atoms with Crippen LogP contribution >= 0.6 is 0 Å². The molecule has 0 aliphatic heterocycles. The zero-order chi connectivity index (χ0) is 10.3. The van der Waals surface area contributed by atoms with E-state index in [9.17, 15) is 0 Å². The average Bonchev–Trinajstić information content (AvgIpc) is 2.00. The second kappa shape index (κ2) is 3.12. The van der Waals surface area contributed by atoms with Gasteiger partial charge in [0.05, 0.1) is 0 Å². The van der Waals surface area contributed by atoms with Gasteiger partial charge in [0.25, 0.3) is 0 Å². The Hall–Kier alpha value is -0.780. The molecule has 1 atom stereocenters. The van der Waals surface area contributed by atoms with Gasteiger partial charge in [0.2, 0.25) is 0 Å². The number of benzene rings is 1. The average molecular weight is 188 g/mol. The minimum atomic E-state index is 0.486. The molecule has 76 valence electrons. The molecule has 0 bridgehead atoms. The normalized spacial score (nSPS) is 24.4. The van der Waals surface area contributed by atoms with Crippen molar-refractivity contribution in [3.63, 3.8) is 0 Å². The maximum absolute atomic E-state index is 2.38. The van der Waals surface area contributed by atoms with Gasteiger partial charge in [-0.15, -0.1) is 0 Å². The lowest BCUT2D eigenvalue weighted by Gasteiger charge is -2.36. The van der Waals surface area contributed by atoms with Crippen LogP contribution in [0.1, 0.15) is 49.8 Å². The molecular formula is C14H20. The highest BCUT2D eigenvalue weighted by Gasteiger charge is 2.30. The molecule has 1 aromatic carbocycles. The fraction of sp³-hybridized carbons (Fsp3) is 0.571. The smallest absolute Gasteiger partial charge is 0.0180 e. The molecule has 0 fully saturated rings. The summed E-state index contributed by atoms with van der Waals surface area (Å²) in [6.07, 6.45) is 2.57. The topological polar surface area (TPSA) is 0 Å². The van der Waals surface area contributed by atoms with Crippen molar-refractivity contribution >= 4 is 0 Å². The van der Waals surface area contributed by atoms with E-state index in [-0.39, 0.29) is 0 Å². The molecular weight excluding hydrogens is 168 g/mol. The third kappa shape index (κ3) is 1.58. The lowest BCUT2D eigenvalue weighted by Crippen LogP contribution is -2.25. The summed E-state index contributed by atoms with van der Waals surface area (Å²) < 4.78 is 0. The van der Waals surface area contributed by atoms with E-state index in [0.717, 1.165) is 5.92 Å². The molecule has 0 heterocycles. The Morgan fingerprint density at radius 1 is 1.29 bits per heavy atom. The molecule has 1 aliphatic rings. The number of aryl methyl sites for hydroxylation is 1. The van der Waals surface area contributed by atoms with Gasteiger partial charge in [-0.25, -0.2) is 0 Å². The number of rotatable bonds is 0. The van der Waals surface area contributed by atoms with Crippen molar-refractivity contribution < 1.29 is 0 Å². The summed E-state index contributed by atoms with van der Waals surface area (Å²) in [5.41, 5.74) is 5.16. The van der Waals surface area contributed by atoms with Gasteiger partial charge in [0, 0.05) is 0 Å². The zero-order valence-corrected chi connectivity index (χ0v) is 9.72. The summed E-state index contributed by atoms with van der Waals surface area (Å²) in [6.45, 7) is 9.38. The molecule has 0 radical (unpaired) electrons. The molecule has 2 rings (SSSR count). The Bertz CT molecular complexity index is 347. The van der Waals surface area contributed by atoms with Crippen LogP contribution in [0.4, 0.5) is 0 Å². The highest BCUT2D eigenvalue weighted by Crippen LogP contribution is 2.42. The van der Waals surface area contributed by atoms with Crippen LogP contribution in [0.2, 0.25) is 0 Å². The third-order valence-electron chi connectivity index (χ3n) is 3.44. The van der Waals surface area contributed by atoms with Crippen molar-refractivity contribution in [1.82, 2.24) is 0 Å². The van der Waals surface area contributed by atoms with Crippen molar-refractivity contribution in [3.05, 3.63) is 34.9 Å². The third-order valence-corrected chi connectivity index (χ3v) is 3.44. The highest BCUT2D eigenvalue weighted by molar-refractivity contribution is 5.39. The van der Waals surface area contributed by atoms with Crippen LogP contribution in [0.5, 0.6) is 0 Å². The van der Waals surface area contributed by atoms with Crippen molar-refractivity contribution in [3.8, 4) is 0 Å². The molecule has 0 saturated heterocycles. The van der Waals surface area contributed by atoms with Crippen molar-refractivity contribution in [2.45, 2.75) is 46.5 Å². The van der Waals surface area contributed by atoms with E-state index >= 15 is 0 Å². The zero-order valence-electron chi connectivity index (χ0n) is 9.72. The van der Waals surface area contributed by atoms with E-state index < -0.39 is 0 Å². The Morgan fingerprint density at radius 2 is 2.00 bits per heavy atom. The van der Waals surface area contributed by atoms with Crippen LogP contribution < -0.4 is 0 Å². The number of hydrogen-bond donors (Lipinski definition) is 0. The first-order chi connectivity index (χ1) is 6.49. The van der Waals surface area contributed by atoms with E-state index in [1.165, 1.54) is 18.4 Å². The molecule has 0 nitrogen and oxygen atoms in total. The van der Waals surface area contributed by atoms with Gasteiger partial charge in [0.15, 0.2) is 0 Å². The first-order valence-corrected chi connectivity index (χ1v) is 5.58. The maximum Gasteiger partial charge on any atom is -0.0180 e. The summed E-state index contributed by atoms with van der Waals surface area (Å²) in [7, 11) is 0. The summed E-state index contributed by atoms with van der Waals surface area (Å²) >= 11 is 0. The Balaban J connectivity index is 2.50. The second-order valence-corrected chi connectivity index (χ2v) is 5.59. The quantitative estimate of drug-likeness (QED) is 0.575. The van der Waals surface area contributed by atoms with E-state index in [1.54, 1.807) is 11.1 Å². The molecule has 0 N–H and O–H groups in total.